The third-order valence-corrected chi connectivity index (χ3v) is 4.45. The van der Waals surface area contributed by atoms with Crippen LogP contribution in [0.3, 0.4) is 0 Å². The Hall–Kier alpha value is -1.11. The summed E-state index contributed by atoms with van der Waals surface area (Å²) in [6, 6.07) is -0.0719. The molecule has 2 fully saturated rings. The molecule has 6 heteroatoms. The van der Waals surface area contributed by atoms with Crippen molar-refractivity contribution in [3.8, 4) is 0 Å². The predicted octanol–water partition coefficient (Wildman–Crippen LogP) is 4.07. The molecule has 1 aliphatic heterocycles. The SMILES string of the molecule is C=C(/C=C(F)\C(F)=C(/C)F)C1CCC(C2OCC(N)CO2)CC1. The van der Waals surface area contributed by atoms with E-state index in [-0.39, 0.29) is 24.2 Å². The van der Waals surface area contributed by atoms with E-state index in [1.807, 2.05) is 0 Å². The Labute approximate surface area is 135 Å². The van der Waals surface area contributed by atoms with Crippen LogP contribution in [0.4, 0.5) is 13.2 Å². The van der Waals surface area contributed by atoms with Crippen LogP contribution >= 0.6 is 0 Å². The molecule has 1 saturated heterocycles. The normalized spacial score (nSPS) is 34.0. The van der Waals surface area contributed by atoms with E-state index in [1.54, 1.807) is 0 Å². The number of rotatable bonds is 4. The average molecular weight is 331 g/mol. The second-order valence-electron chi connectivity index (χ2n) is 6.32. The Bertz CT molecular complexity index is 484. The van der Waals surface area contributed by atoms with Gasteiger partial charge in [0.15, 0.2) is 17.9 Å². The van der Waals surface area contributed by atoms with Crippen LogP contribution in [0, 0.1) is 11.8 Å². The Morgan fingerprint density at radius 3 is 2.17 bits per heavy atom. The van der Waals surface area contributed by atoms with E-state index in [1.165, 1.54) is 0 Å². The standard InChI is InChI=1S/C17H24F3NO2/c1-10(7-15(19)16(20)11(2)18)12-3-5-13(6-4-12)17-22-8-14(21)9-23-17/h7,12-14,17H,1,3-6,8-9,21H2,2H3/b15-7+,16-11-. The summed E-state index contributed by atoms with van der Waals surface area (Å²) < 4.78 is 50.6. The first-order valence-corrected chi connectivity index (χ1v) is 7.95. The minimum atomic E-state index is -1.46. The van der Waals surface area contributed by atoms with Gasteiger partial charge in [0.05, 0.1) is 19.3 Å². The lowest BCUT2D eigenvalue weighted by molar-refractivity contribution is -0.215. The highest BCUT2D eigenvalue weighted by Crippen LogP contribution is 2.37. The van der Waals surface area contributed by atoms with Crippen LogP contribution in [0.25, 0.3) is 0 Å². The fraction of sp³-hybridized carbons (Fsp3) is 0.647. The van der Waals surface area contributed by atoms with E-state index < -0.39 is 17.5 Å². The lowest BCUT2D eigenvalue weighted by Crippen LogP contribution is -2.44. The van der Waals surface area contributed by atoms with Crippen LogP contribution in [0.15, 0.2) is 35.7 Å². The molecular formula is C17H24F3NO2. The number of allylic oxidation sites excluding steroid dienone is 5. The van der Waals surface area contributed by atoms with Gasteiger partial charge in [-0.15, -0.1) is 0 Å². The monoisotopic (exact) mass is 331 g/mol. The van der Waals surface area contributed by atoms with Crippen LogP contribution < -0.4 is 5.73 Å². The van der Waals surface area contributed by atoms with Crippen LogP contribution in [0.5, 0.6) is 0 Å². The van der Waals surface area contributed by atoms with Gasteiger partial charge in [-0.1, -0.05) is 6.58 Å². The van der Waals surface area contributed by atoms with E-state index in [0.29, 0.717) is 18.8 Å². The summed E-state index contributed by atoms with van der Waals surface area (Å²) in [5, 5.41) is 0. The maximum atomic E-state index is 13.5. The van der Waals surface area contributed by atoms with Gasteiger partial charge in [-0.05, 0) is 50.2 Å². The van der Waals surface area contributed by atoms with Crippen molar-refractivity contribution in [2.24, 2.45) is 17.6 Å². The van der Waals surface area contributed by atoms with Gasteiger partial charge in [-0.25, -0.2) is 13.2 Å². The summed E-state index contributed by atoms with van der Waals surface area (Å²) in [7, 11) is 0. The maximum absolute atomic E-state index is 13.5. The Balaban J connectivity index is 1.85. The molecule has 0 bridgehead atoms. The van der Waals surface area contributed by atoms with Crippen molar-refractivity contribution < 1.29 is 22.6 Å². The third kappa shape index (κ3) is 4.93. The quantitative estimate of drug-likeness (QED) is 0.790. The molecule has 2 rings (SSSR count). The zero-order valence-electron chi connectivity index (χ0n) is 13.4. The van der Waals surface area contributed by atoms with Gasteiger partial charge < -0.3 is 15.2 Å². The Morgan fingerprint density at radius 2 is 1.65 bits per heavy atom. The van der Waals surface area contributed by atoms with E-state index in [4.69, 9.17) is 15.2 Å². The smallest absolute Gasteiger partial charge is 0.189 e. The number of halogens is 3. The molecule has 0 aromatic rings. The minimum absolute atomic E-state index is 0.0653. The summed E-state index contributed by atoms with van der Waals surface area (Å²) in [5.41, 5.74) is 6.21. The van der Waals surface area contributed by atoms with Crippen molar-refractivity contribution in [2.75, 3.05) is 13.2 Å². The van der Waals surface area contributed by atoms with E-state index in [0.717, 1.165) is 38.7 Å². The van der Waals surface area contributed by atoms with Crippen molar-refractivity contribution >= 4 is 0 Å². The van der Waals surface area contributed by atoms with E-state index in [2.05, 4.69) is 6.58 Å². The topological polar surface area (TPSA) is 44.5 Å². The van der Waals surface area contributed by atoms with Gasteiger partial charge in [0.25, 0.3) is 0 Å². The zero-order valence-corrected chi connectivity index (χ0v) is 13.4. The zero-order chi connectivity index (χ0) is 17.0. The predicted molar refractivity (Wildman–Crippen MR) is 82.4 cm³/mol. The van der Waals surface area contributed by atoms with Gasteiger partial charge in [0.1, 0.15) is 5.83 Å². The lowest BCUT2D eigenvalue weighted by atomic mass is 9.78. The Kier molecular flexibility index (Phi) is 6.44. The van der Waals surface area contributed by atoms with Gasteiger partial charge in [-0.3, -0.25) is 0 Å². The molecule has 0 aromatic carbocycles. The van der Waals surface area contributed by atoms with Crippen LogP contribution in [0.2, 0.25) is 0 Å². The summed E-state index contributed by atoms with van der Waals surface area (Å²) >= 11 is 0. The van der Waals surface area contributed by atoms with Crippen LogP contribution in [-0.4, -0.2) is 25.5 Å². The molecule has 3 nitrogen and oxygen atoms in total. The third-order valence-electron chi connectivity index (χ3n) is 4.45. The first-order chi connectivity index (χ1) is 10.9. The lowest BCUT2D eigenvalue weighted by Gasteiger charge is -2.37. The Morgan fingerprint density at radius 1 is 1.09 bits per heavy atom. The highest BCUT2D eigenvalue weighted by Gasteiger charge is 2.32. The molecule has 0 amide bonds. The molecule has 1 saturated carbocycles. The molecule has 0 aromatic heterocycles. The molecule has 130 valence electrons. The minimum Gasteiger partial charge on any atom is -0.351 e. The van der Waals surface area contributed by atoms with E-state index >= 15 is 0 Å². The van der Waals surface area contributed by atoms with Crippen LogP contribution in [-0.2, 0) is 9.47 Å². The second kappa shape index (κ2) is 8.13. The summed E-state index contributed by atoms with van der Waals surface area (Å²) in [4.78, 5) is 0. The summed E-state index contributed by atoms with van der Waals surface area (Å²) in [5.74, 6) is -3.48. The number of ether oxygens (including phenoxy) is 2. The molecule has 0 unspecified atom stereocenters. The molecular weight excluding hydrogens is 307 g/mol. The van der Waals surface area contributed by atoms with Crippen molar-refractivity contribution in [1.29, 1.82) is 0 Å². The first-order valence-electron chi connectivity index (χ1n) is 7.95. The molecule has 2 N–H and O–H groups in total. The number of hydrogen-bond donors (Lipinski definition) is 1. The highest BCUT2D eigenvalue weighted by atomic mass is 19.2. The molecule has 0 atom stereocenters. The van der Waals surface area contributed by atoms with Gasteiger partial charge >= 0.3 is 0 Å². The fourth-order valence-corrected chi connectivity index (χ4v) is 3.08. The van der Waals surface area contributed by atoms with Gasteiger partial charge in [-0.2, -0.15) is 0 Å². The van der Waals surface area contributed by atoms with Gasteiger partial charge in [0, 0.05) is 5.92 Å². The largest absolute Gasteiger partial charge is 0.351 e. The molecule has 1 aliphatic carbocycles. The van der Waals surface area contributed by atoms with Crippen molar-refractivity contribution in [3.63, 3.8) is 0 Å². The van der Waals surface area contributed by atoms with Crippen LogP contribution in [0.1, 0.15) is 32.6 Å². The summed E-state index contributed by atoms with van der Waals surface area (Å²) in [6.45, 7) is 5.68. The van der Waals surface area contributed by atoms with Gasteiger partial charge in [0.2, 0.25) is 0 Å². The highest BCUT2D eigenvalue weighted by molar-refractivity contribution is 5.30. The van der Waals surface area contributed by atoms with Crippen molar-refractivity contribution in [1.82, 2.24) is 0 Å². The van der Waals surface area contributed by atoms with E-state index in [9.17, 15) is 13.2 Å². The molecule has 2 aliphatic rings. The fourth-order valence-electron chi connectivity index (χ4n) is 3.08. The van der Waals surface area contributed by atoms with Crippen molar-refractivity contribution in [3.05, 3.63) is 35.7 Å². The number of nitrogens with two attached hydrogens (primary N) is 1. The first kappa shape index (κ1) is 18.2. The number of hydrogen-bond acceptors (Lipinski definition) is 3. The summed E-state index contributed by atoms with van der Waals surface area (Å²) in [6.07, 6.45) is 4.07. The molecule has 0 spiro atoms. The van der Waals surface area contributed by atoms with Crippen molar-refractivity contribution in [2.45, 2.75) is 44.9 Å². The molecule has 0 radical (unpaired) electrons. The molecule has 1 heterocycles. The molecule has 23 heavy (non-hydrogen) atoms. The second-order valence-corrected chi connectivity index (χ2v) is 6.32. The average Bonchev–Trinajstić information content (AvgIpc) is 2.54. The maximum Gasteiger partial charge on any atom is 0.189 e.